The van der Waals surface area contributed by atoms with Gasteiger partial charge in [0, 0.05) is 19.2 Å². The fourth-order valence-corrected chi connectivity index (χ4v) is 3.08. The Morgan fingerprint density at radius 3 is 2.75 bits per heavy atom. The predicted molar refractivity (Wildman–Crippen MR) is 77.4 cm³/mol. The summed E-state index contributed by atoms with van der Waals surface area (Å²) in [5, 5.41) is 3.69. The maximum atomic E-state index is 5.65. The summed E-state index contributed by atoms with van der Waals surface area (Å²) in [5.41, 5.74) is 1.25. The fourth-order valence-electron chi connectivity index (χ4n) is 3.08. The third-order valence-electron chi connectivity index (χ3n) is 4.27. The van der Waals surface area contributed by atoms with Crippen molar-refractivity contribution in [3.8, 4) is 11.5 Å². The van der Waals surface area contributed by atoms with Crippen LogP contribution >= 0.6 is 0 Å². The van der Waals surface area contributed by atoms with Crippen molar-refractivity contribution in [2.24, 2.45) is 0 Å². The molecule has 0 saturated heterocycles. The van der Waals surface area contributed by atoms with E-state index in [9.17, 15) is 0 Å². The van der Waals surface area contributed by atoms with Crippen LogP contribution in [-0.2, 0) is 4.74 Å². The first-order valence-corrected chi connectivity index (χ1v) is 7.44. The first-order chi connectivity index (χ1) is 9.76. The summed E-state index contributed by atoms with van der Waals surface area (Å²) < 4.78 is 16.6. The highest BCUT2D eigenvalue weighted by Gasteiger charge is 2.25. The molecule has 0 amide bonds. The normalized spacial score (nSPS) is 26.5. The Kier molecular flexibility index (Phi) is 4.13. The lowest BCUT2D eigenvalue weighted by atomic mass is 10.1. The van der Waals surface area contributed by atoms with Crippen molar-refractivity contribution in [1.29, 1.82) is 0 Å². The number of ether oxygens (including phenoxy) is 3. The highest BCUT2D eigenvalue weighted by Crippen LogP contribution is 2.33. The predicted octanol–water partition coefficient (Wildman–Crippen LogP) is 2.68. The van der Waals surface area contributed by atoms with Crippen molar-refractivity contribution < 1.29 is 14.2 Å². The second kappa shape index (κ2) is 6.02. The maximum Gasteiger partial charge on any atom is 0.161 e. The van der Waals surface area contributed by atoms with Gasteiger partial charge in [0.05, 0.1) is 6.10 Å². The van der Waals surface area contributed by atoms with Gasteiger partial charge in [-0.1, -0.05) is 6.07 Å². The average Bonchev–Trinajstić information content (AvgIpc) is 2.94. The zero-order valence-corrected chi connectivity index (χ0v) is 12.2. The monoisotopic (exact) mass is 277 g/mol. The van der Waals surface area contributed by atoms with E-state index in [-0.39, 0.29) is 0 Å². The molecule has 3 rings (SSSR count). The largest absolute Gasteiger partial charge is 0.486 e. The van der Waals surface area contributed by atoms with Gasteiger partial charge in [-0.05, 0) is 43.9 Å². The molecule has 0 spiro atoms. The molecule has 0 bridgehead atoms. The van der Waals surface area contributed by atoms with Crippen LogP contribution in [0.25, 0.3) is 0 Å². The molecular weight excluding hydrogens is 254 g/mol. The molecule has 3 unspecified atom stereocenters. The summed E-state index contributed by atoms with van der Waals surface area (Å²) in [4.78, 5) is 0. The third kappa shape index (κ3) is 2.91. The Morgan fingerprint density at radius 1 is 1.20 bits per heavy atom. The molecule has 1 N–H and O–H groups in total. The molecule has 20 heavy (non-hydrogen) atoms. The summed E-state index contributed by atoms with van der Waals surface area (Å²) in [5.74, 6) is 1.72. The van der Waals surface area contributed by atoms with Crippen molar-refractivity contribution in [1.82, 2.24) is 5.32 Å². The minimum Gasteiger partial charge on any atom is -0.486 e. The Balaban J connectivity index is 1.63. The summed E-state index contributed by atoms with van der Waals surface area (Å²) >= 11 is 0. The minimum atomic E-state index is 0.312. The van der Waals surface area contributed by atoms with E-state index < -0.39 is 0 Å². The van der Waals surface area contributed by atoms with Crippen LogP contribution < -0.4 is 14.8 Å². The molecule has 3 atom stereocenters. The molecule has 4 heteroatoms. The molecule has 1 aliphatic carbocycles. The molecule has 2 aliphatic rings. The lowest BCUT2D eigenvalue weighted by molar-refractivity contribution is 0.106. The number of hydrogen-bond donors (Lipinski definition) is 1. The molecular formula is C16H23NO3. The second-order valence-corrected chi connectivity index (χ2v) is 5.66. The highest BCUT2D eigenvalue weighted by molar-refractivity contribution is 5.44. The number of methoxy groups -OCH3 is 1. The molecule has 110 valence electrons. The van der Waals surface area contributed by atoms with Crippen LogP contribution in [-0.4, -0.2) is 32.5 Å². The summed E-state index contributed by atoms with van der Waals surface area (Å²) in [6.07, 6.45) is 3.86. The molecule has 4 nitrogen and oxygen atoms in total. The molecule has 0 aromatic heterocycles. The zero-order chi connectivity index (χ0) is 13.9. The molecule has 0 radical (unpaired) electrons. The van der Waals surface area contributed by atoms with Crippen molar-refractivity contribution >= 4 is 0 Å². The fraction of sp³-hybridized carbons (Fsp3) is 0.625. The lowest BCUT2D eigenvalue weighted by Crippen LogP contribution is -2.30. The van der Waals surface area contributed by atoms with E-state index in [1.165, 1.54) is 12.0 Å². The van der Waals surface area contributed by atoms with E-state index >= 15 is 0 Å². The smallest absolute Gasteiger partial charge is 0.161 e. The summed E-state index contributed by atoms with van der Waals surface area (Å²) in [7, 11) is 1.80. The Hall–Kier alpha value is -1.26. The van der Waals surface area contributed by atoms with E-state index in [4.69, 9.17) is 14.2 Å². The summed E-state index contributed by atoms with van der Waals surface area (Å²) in [6.45, 7) is 3.47. The van der Waals surface area contributed by atoms with Gasteiger partial charge in [-0.25, -0.2) is 0 Å². The van der Waals surface area contributed by atoms with E-state index in [0.717, 1.165) is 24.3 Å². The molecule has 1 aliphatic heterocycles. The van der Waals surface area contributed by atoms with Crippen molar-refractivity contribution in [3.63, 3.8) is 0 Å². The number of fused-ring (bicyclic) bond motifs is 1. The Labute approximate surface area is 120 Å². The van der Waals surface area contributed by atoms with Crippen LogP contribution in [0, 0.1) is 0 Å². The van der Waals surface area contributed by atoms with E-state index in [1.54, 1.807) is 7.11 Å². The first kappa shape index (κ1) is 13.7. The second-order valence-electron chi connectivity index (χ2n) is 5.66. The standard InChI is InChI=1S/C16H23NO3/c1-11(17-13-4-5-14(10-13)18-2)12-3-6-15-16(9-12)20-8-7-19-15/h3,6,9,11,13-14,17H,4-5,7-8,10H2,1-2H3. The molecule has 1 saturated carbocycles. The van der Waals surface area contributed by atoms with Crippen molar-refractivity contribution in [2.45, 2.75) is 44.4 Å². The SMILES string of the molecule is COC1CCC(NC(C)c2ccc3c(c2)OCCO3)C1. The topological polar surface area (TPSA) is 39.7 Å². The minimum absolute atomic E-state index is 0.312. The number of hydrogen-bond acceptors (Lipinski definition) is 4. The van der Waals surface area contributed by atoms with Gasteiger partial charge >= 0.3 is 0 Å². The molecule has 1 aromatic carbocycles. The van der Waals surface area contributed by atoms with Crippen LogP contribution in [0.15, 0.2) is 18.2 Å². The van der Waals surface area contributed by atoms with Gasteiger partial charge in [0.1, 0.15) is 13.2 Å². The van der Waals surface area contributed by atoms with Gasteiger partial charge < -0.3 is 19.5 Å². The highest BCUT2D eigenvalue weighted by atomic mass is 16.6. The van der Waals surface area contributed by atoms with Crippen LogP contribution in [0.1, 0.15) is 37.8 Å². The number of rotatable bonds is 4. The van der Waals surface area contributed by atoms with E-state index in [0.29, 0.717) is 31.4 Å². The number of benzene rings is 1. The Bertz CT molecular complexity index is 463. The number of nitrogens with one attached hydrogen (secondary N) is 1. The van der Waals surface area contributed by atoms with Gasteiger partial charge in [-0.15, -0.1) is 0 Å². The average molecular weight is 277 g/mol. The molecule has 1 heterocycles. The van der Waals surface area contributed by atoms with Crippen LogP contribution in [0.3, 0.4) is 0 Å². The summed E-state index contributed by atoms with van der Waals surface area (Å²) in [6, 6.07) is 7.08. The molecule has 1 aromatic rings. The van der Waals surface area contributed by atoms with Gasteiger partial charge in [0.25, 0.3) is 0 Å². The van der Waals surface area contributed by atoms with Gasteiger partial charge in [0.15, 0.2) is 11.5 Å². The van der Waals surface area contributed by atoms with Crippen molar-refractivity contribution in [3.05, 3.63) is 23.8 Å². The zero-order valence-electron chi connectivity index (χ0n) is 12.2. The molecule has 1 fully saturated rings. The maximum absolute atomic E-state index is 5.65. The van der Waals surface area contributed by atoms with Gasteiger partial charge in [-0.3, -0.25) is 0 Å². The Morgan fingerprint density at radius 2 is 2.00 bits per heavy atom. The van der Waals surface area contributed by atoms with Crippen LogP contribution in [0.5, 0.6) is 11.5 Å². The van der Waals surface area contributed by atoms with Crippen LogP contribution in [0.2, 0.25) is 0 Å². The van der Waals surface area contributed by atoms with Crippen LogP contribution in [0.4, 0.5) is 0 Å². The van der Waals surface area contributed by atoms with Gasteiger partial charge in [0.2, 0.25) is 0 Å². The van der Waals surface area contributed by atoms with Crippen molar-refractivity contribution in [2.75, 3.05) is 20.3 Å². The third-order valence-corrected chi connectivity index (χ3v) is 4.27. The van der Waals surface area contributed by atoms with Gasteiger partial charge in [-0.2, -0.15) is 0 Å². The lowest BCUT2D eigenvalue weighted by Gasteiger charge is -2.23. The quantitative estimate of drug-likeness (QED) is 0.918. The van der Waals surface area contributed by atoms with E-state index in [1.807, 2.05) is 6.07 Å². The van der Waals surface area contributed by atoms with E-state index in [2.05, 4.69) is 24.4 Å². The first-order valence-electron chi connectivity index (χ1n) is 7.44.